The lowest BCUT2D eigenvalue weighted by Crippen LogP contribution is -2.33. The Morgan fingerprint density at radius 1 is 1.33 bits per heavy atom. The van der Waals surface area contributed by atoms with Crippen molar-refractivity contribution in [3.8, 4) is 6.07 Å². The Bertz CT molecular complexity index is 716. The number of rotatable bonds is 9. The first-order chi connectivity index (χ1) is 11.2. The molecular formula is C15H25N5O3S. The SMILES string of the molecule is CNC(NCCN(C)c1ccc(CN(C)C)o1)=C(C#N)S(C)(=O)=O. The van der Waals surface area contributed by atoms with E-state index in [0.717, 1.165) is 24.4 Å². The molecule has 2 N–H and O–H groups in total. The normalized spacial score (nSPS) is 12.5. The van der Waals surface area contributed by atoms with Crippen LogP contribution in [0.1, 0.15) is 5.76 Å². The lowest BCUT2D eigenvalue weighted by Gasteiger charge is -2.18. The molecule has 0 aromatic carbocycles. The zero-order valence-corrected chi connectivity index (χ0v) is 15.6. The Kier molecular flexibility index (Phi) is 7.13. The minimum absolute atomic E-state index is 0.196. The van der Waals surface area contributed by atoms with Crippen LogP contribution in [0.15, 0.2) is 27.3 Å². The molecule has 1 aromatic rings. The van der Waals surface area contributed by atoms with E-state index in [4.69, 9.17) is 9.68 Å². The van der Waals surface area contributed by atoms with Gasteiger partial charge in [0.1, 0.15) is 17.7 Å². The van der Waals surface area contributed by atoms with Crippen LogP contribution in [0.2, 0.25) is 0 Å². The average molecular weight is 355 g/mol. The predicted octanol–water partition coefficient (Wildman–Crippen LogP) is 0.324. The molecule has 0 saturated carbocycles. The zero-order chi connectivity index (χ0) is 18.3. The molecule has 0 saturated heterocycles. The number of nitrogens with zero attached hydrogens (tertiary/aromatic N) is 3. The number of hydrogen-bond donors (Lipinski definition) is 2. The van der Waals surface area contributed by atoms with Crippen molar-refractivity contribution >= 4 is 15.7 Å². The Morgan fingerprint density at radius 2 is 2.00 bits per heavy atom. The standard InChI is InChI=1S/C15H25N5O3S/c1-17-15(13(10-16)24(5,21)22)18-8-9-20(4)14-7-6-12(23-14)11-19(2)3/h6-7,17-18H,8-9,11H2,1-5H3. The van der Waals surface area contributed by atoms with Gasteiger partial charge in [-0.25, -0.2) is 8.42 Å². The minimum Gasteiger partial charge on any atom is -0.444 e. The van der Waals surface area contributed by atoms with Gasteiger partial charge in [-0.15, -0.1) is 0 Å². The van der Waals surface area contributed by atoms with Gasteiger partial charge in [-0.3, -0.25) is 0 Å². The second-order valence-corrected chi connectivity index (χ2v) is 7.62. The number of nitrogens with one attached hydrogen (secondary N) is 2. The van der Waals surface area contributed by atoms with E-state index in [1.165, 1.54) is 0 Å². The van der Waals surface area contributed by atoms with E-state index in [1.807, 2.05) is 43.1 Å². The van der Waals surface area contributed by atoms with Gasteiger partial charge < -0.3 is 24.9 Å². The second kappa shape index (κ2) is 8.61. The highest BCUT2D eigenvalue weighted by Gasteiger charge is 2.17. The van der Waals surface area contributed by atoms with Gasteiger partial charge in [0.15, 0.2) is 20.6 Å². The molecule has 0 unspecified atom stereocenters. The lowest BCUT2D eigenvalue weighted by atomic mass is 10.4. The van der Waals surface area contributed by atoms with E-state index in [0.29, 0.717) is 13.1 Å². The van der Waals surface area contributed by atoms with Crippen LogP contribution in [0.5, 0.6) is 0 Å². The summed E-state index contributed by atoms with van der Waals surface area (Å²) in [6.07, 6.45) is 1.01. The number of anilines is 1. The van der Waals surface area contributed by atoms with E-state index in [2.05, 4.69) is 10.6 Å². The summed E-state index contributed by atoms with van der Waals surface area (Å²) in [5.74, 6) is 1.79. The Hall–Kier alpha value is -2.18. The highest BCUT2D eigenvalue weighted by molar-refractivity contribution is 7.94. The van der Waals surface area contributed by atoms with Crippen molar-refractivity contribution in [3.63, 3.8) is 0 Å². The van der Waals surface area contributed by atoms with Gasteiger partial charge in [-0.2, -0.15) is 5.26 Å². The molecule has 134 valence electrons. The molecule has 1 heterocycles. The van der Waals surface area contributed by atoms with Crippen LogP contribution in [0.3, 0.4) is 0 Å². The summed E-state index contributed by atoms with van der Waals surface area (Å²) in [6, 6.07) is 5.53. The van der Waals surface area contributed by atoms with Crippen LogP contribution in [-0.4, -0.2) is 60.9 Å². The maximum absolute atomic E-state index is 11.6. The van der Waals surface area contributed by atoms with Crippen molar-refractivity contribution in [2.45, 2.75) is 6.54 Å². The van der Waals surface area contributed by atoms with Gasteiger partial charge in [0.25, 0.3) is 0 Å². The second-order valence-electron chi connectivity index (χ2n) is 5.66. The number of furan rings is 1. The molecule has 24 heavy (non-hydrogen) atoms. The first kappa shape index (κ1) is 19.9. The highest BCUT2D eigenvalue weighted by Crippen LogP contribution is 2.17. The average Bonchev–Trinajstić information content (AvgIpc) is 2.92. The number of sulfone groups is 1. The molecule has 1 rings (SSSR count). The highest BCUT2D eigenvalue weighted by atomic mass is 32.2. The van der Waals surface area contributed by atoms with Gasteiger partial charge in [0, 0.05) is 39.5 Å². The summed E-state index contributed by atoms with van der Waals surface area (Å²) in [7, 11) is 3.80. The van der Waals surface area contributed by atoms with Gasteiger partial charge in [0.05, 0.1) is 6.54 Å². The van der Waals surface area contributed by atoms with Crippen molar-refractivity contribution in [3.05, 3.63) is 28.6 Å². The number of hydrogen-bond acceptors (Lipinski definition) is 8. The Balaban J connectivity index is 2.67. The summed E-state index contributed by atoms with van der Waals surface area (Å²) >= 11 is 0. The molecule has 0 spiro atoms. The number of likely N-dealkylation sites (N-methyl/N-ethyl adjacent to an activating group) is 1. The molecule has 1 aromatic heterocycles. The van der Waals surface area contributed by atoms with Gasteiger partial charge in [-0.05, 0) is 20.2 Å². The van der Waals surface area contributed by atoms with E-state index in [9.17, 15) is 8.42 Å². The summed E-state index contributed by atoms with van der Waals surface area (Å²) in [4.78, 5) is 3.62. The van der Waals surface area contributed by atoms with Crippen LogP contribution in [-0.2, 0) is 16.4 Å². The fourth-order valence-corrected chi connectivity index (χ4v) is 2.74. The van der Waals surface area contributed by atoms with Gasteiger partial charge in [0.2, 0.25) is 0 Å². The molecule has 0 fully saturated rings. The van der Waals surface area contributed by atoms with Crippen LogP contribution < -0.4 is 15.5 Å². The maximum atomic E-state index is 11.6. The smallest absolute Gasteiger partial charge is 0.195 e. The largest absolute Gasteiger partial charge is 0.444 e. The molecule has 0 aliphatic carbocycles. The molecular weight excluding hydrogens is 330 g/mol. The molecule has 0 aliphatic heterocycles. The maximum Gasteiger partial charge on any atom is 0.195 e. The molecule has 9 heteroatoms. The third kappa shape index (κ3) is 5.79. The van der Waals surface area contributed by atoms with Crippen molar-refractivity contribution in [1.82, 2.24) is 15.5 Å². The van der Waals surface area contributed by atoms with Gasteiger partial charge in [-0.1, -0.05) is 0 Å². The van der Waals surface area contributed by atoms with Crippen LogP contribution in [0.25, 0.3) is 0 Å². The quantitative estimate of drug-likeness (QED) is 0.611. The molecule has 0 bridgehead atoms. The van der Waals surface area contributed by atoms with E-state index >= 15 is 0 Å². The third-order valence-electron chi connectivity index (χ3n) is 3.19. The Morgan fingerprint density at radius 3 is 2.50 bits per heavy atom. The third-order valence-corrected chi connectivity index (χ3v) is 4.23. The van der Waals surface area contributed by atoms with Crippen molar-refractivity contribution in [2.75, 3.05) is 52.4 Å². The van der Waals surface area contributed by atoms with Crippen LogP contribution in [0, 0.1) is 11.3 Å². The minimum atomic E-state index is -3.58. The monoisotopic (exact) mass is 355 g/mol. The zero-order valence-electron chi connectivity index (χ0n) is 14.8. The molecule has 8 nitrogen and oxygen atoms in total. The number of nitriles is 1. The van der Waals surface area contributed by atoms with Gasteiger partial charge >= 0.3 is 0 Å². The summed E-state index contributed by atoms with van der Waals surface area (Å²) in [5.41, 5.74) is 0. The fourth-order valence-electron chi connectivity index (χ4n) is 2.03. The first-order valence-corrected chi connectivity index (χ1v) is 9.28. The molecule has 0 amide bonds. The number of allylic oxidation sites excluding steroid dienone is 1. The van der Waals surface area contributed by atoms with Crippen molar-refractivity contribution in [2.24, 2.45) is 0 Å². The summed E-state index contributed by atoms with van der Waals surface area (Å²) in [5, 5.41) is 14.7. The van der Waals surface area contributed by atoms with E-state index in [-0.39, 0.29) is 10.7 Å². The van der Waals surface area contributed by atoms with Crippen LogP contribution in [0.4, 0.5) is 5.88 Å². The molecule has 0 radical (unpaired) electrons. The van der Waals surface area contributed by atoms with E-state index < -0.39 is 9.84 Å². The predicted molar refractivity (Wildman–Crippen MR) is 93.9 cm³/mol. The van der Waals surface area contributed by atoms with Crippen LogP contribution >= 0.6 is 0 Å². The first-order valence-electron chi connectivity index (χ1n) is 7.39. The topological polar surface area (TPSA) is 102 Å². The molecule has 0 aliphatic rings. The van der Waals surface area contributed by atoms with E-state index in [1.54, 1.807) is 13.1 Å². The summed E-state index contributed by atoms with van der Waals surface area (Å²) in [6.45, 7) is 1.73. The Labute approximate surface area is 143 Å². The molecule has 0 atom stereocenters. The van der Waals surface area contributed by atoms with Crippen molar-refractivity contribution in [1.29, 1.82) is 5.26 Å². The summed E-state index contributed by atoms with van der Waals surface area (Å²) < 4.78 is 28.9. The lowest BCUT2D eigenvalue weighted by molar-refractivity contribution is 0.351. The fraction of sp³-hybridized carbons (Fsp3) is 0.533. The van der Waals surface area contributed by atoms with Crippen molar-refractivity contribution < 1.29 is 12.8 Å².